The van der Waals surface area contributed by atoms with Gasteiger partial charge in [-0.2, -0.15) is 0 Å². The van der Waals surface area contributed by atoms with Crippen molar-refractivity contribution in [2.24, 2.45) is 0 Å². The molecule has 1 atom stereocenters. The Labute approximate surface area is 124 Å². The molecule has 0 saturated heterocycles. The number of halogens is 1. The van der Waals surface area contributed by atoms with E-state index in [-0.39, 0.29) is 10.9 Å². The predicted octanol–water partition coefficient (Wildman–Crippen LogP) is 3.48. The lowest BCUT2D eigenvalue weighted by atomic mass is 10.0. The van der Waals surface area contributed by atoms with Crippen molar-refractivity contribution in [3.05, 3.63) is 65.0 Å². The Kier molecular flexibility index (Phi) is 4.44. The van der Waals surface area contributed by atoms with E-state index in [1.807, 2.05) is 32.0 Å². The molecule has 21 heavy (non-hydrogen) atoms. The molecular weight excluding hydrogens is 289 g/mol. The van der Waals surface area contributed by atoms with Gasteiger partial charge in [0.25, 0.3) is 0 Å². The molecule has 0 heterocycles. The third-order valence-corrected chi connectivity index (χ3v) is 4.90. The minimum Gasteiger partial charge on any atom is -0.207 e. The van der Waals surface area contributed by atoms with Gasteiger partial charge in [0.05, 0.1) is 4.90 Å². The standard InChI is InChI=1S/C16H18FNO2S/c1-11-4-9-16(12(2)10-11)13(3)18-21(19,20)15-7-5-14(17)6-8-15/h4-10,13,18H,1-3H3. The van der Waals surface area contributed by atoms with E-state index in [0.717, 1.165) is 28.8 Å². The molecule has 0 aliphatic heterocycles. The molecule has 0 saturated carbocycles. The normalized spacial score (nSPS) is 13.1. The fourth-order valence-corrected chi connectivity index (χ4v) is 3.51. The van der Waals surface area contributed by atoms with Crippen molar-refractivity contribution >= 4 is 10.0 Å². The van der Waals surface area contributed by atoms with Crippen LogP contribution in [0, 0.1) is 19.7 Å². The summed E-state index contributed by atoms with van der Waals surface area (Å²) in [4.78, 5) is 0.0560. The van der Waals surface area contributed by atoms with Crippen LogP contribution in [0.1, 0.15) is 29.7 Å². The largest absolute Gasteiger partial charge is 0.241 e. The van der Waals surface area contributed by atoms with Crippen LogP contribution in [-0.4, -0.2) is 8.42 Å². The Morgan fingerprint density at radius 1 is 1.05 bits per heavy atom. The first-order valence-corrected chi connectivity index (χ1v) is 8.13. The number of rotatable bonds is 4. The molecule has 1 unspecified atom stereocenters. The first-order chi connectivity index (χ1) is 9.79. The topological polar surface area (TPSA) is 46.2 Å². The average molecular weight is 307 g/mol. The van der Waals surface area contributed by atoms with E-state index in [1.165, 1.54) is 12.1 Å². The highest BCUT2D eigenvalue weighted by Crippen LogP contribution is 2.21. The SMILES string of the molecule is Cc1ccc(C(C)NS(=O)(=O)c2ccc(F)cc2)c(C)c1. The highest BCUT2D eigenvalue weighted by Gasteiger charge is 2.19. The van der Waals surface area contributed by atoms with Crippen LogP contribution in [0.4, 0.5) is 4.39 Å². The molecule has 3 nitrogen and oxygen atoms in total. The number of nitrogens with one attached hydrogen (secondary N) is 1. The van der Waals surface area contributed by atoms with Gasteiger partial charge in [-0.25, -0.2) is 17.5 Å². The van der Waals surface area contributed by atoms with Crippen molar-refractivity contribution in [2.75, 3.05) is 0 Å². The van der Waals surface area contributed by atoms with Gasteiger partial charge in [-0.15, -0.1) is 0 Å². The molecular formula is C16H18FNO2S. The third-order valence-electron chi connectivity index (χ3n) is 3.35. The van der Waals surface area contributed by atoms with Gasteiger partial charge in [0.1, 0.15) is 5.82 Å². The maximum atomic E-state index is 12.9. The molecule has 0 aromatic heterocycles. The number of sulfonamides is 1. The van der Waals surface area contributed by atoms with Gasteiger partial charge < -0.3 is 0 Å². The fraction of sp³-hybridized carbons (Fsp3) is 0.250. The van der Waals surface area contributed by atoms with E-state index in [2.05, 4.69) is 4.72 Å². The molecule has 0 spiro atoms. The summed E-state index contributed by atoms with van der Waals surface area (Å²) in [5.41, 5.74) is 3.08. The van der Waals surface area contributed by atoms with Crippen molar-refractivity contribution in [3.8, 4) is 0 Å². The molecule has 0 radical (unpaired) electrons. The van der Waals surface area contributed by atoms with Crippen LogP contribution >= 0.6 is 0 Å². The first kappa shape index (κ1) is 15.7. The predicted molar refractivity (Wildman–Crippen MR) is 81.1 cm³/mol. The molecule has 0 bridgehead atoms. The van der Waals surface area contributed by atoms with Crippen LogP contribution in [0.3, 0.4) is 0 Å². The summed E-state index contributed by atoms with van der Waals surface area (Å²) in [5, 5.41) is 0. The van der Waals surface area contributed by atoms with E-state index >= 15 is 0 Å². The van der Waals surface area contributed by atoms with E-state index in [1.54, 1.807) is 6.92 Å². The Bertz CT molecular complexity index is 739. The summed E-state index contributed by atoms with van der Waals surface area (Å²) in [6.07, 6.45) is 0. The second-order valence-corrected chi connectivity index (χ2v) is 6.87. The van der Waals surface area contributed by atoms with Gasteiger partial charge in [0.15, 0.2) is 0 Å². The van der Waals surface area contributed by atoms with Crippen molar-refractivity contribution in [1.29, 1.82) is 0 Å². The molecule has 1 N–H and O–H groups in total. The van der Waals surface area contributed by atoms with E-state index in [4.69, 9.17) is 0 Å². The second kappa shape index (κ2) is 5.95. The highest BCUT2D eigenvalue weighted by molar-refractivity contribution is 7.89. The number of benzene rings is 2. The van der Waals surface area contributed by atoms with Gasteiger partial charge in [0.2, 0.25) is 10.0 Å². The Hall–Kier alpha value is -1.72. The fourth-order valence-electron chi connectivity index (χ4n) is 2.29. The zero-order valence-electron chi connectivity index (χ0n) is 12.2. The van der Waals surface area contributed by atoms with Gasteiger partial charge in [0, 0.05) is 6.04 Å². The van der Waals surface area contributed by atoms with Crippen LogP contribution in [-0.2, 0) is 10.0 Å². The zero-order chi connectivity index (χ0) is 15.6. The quantitative estimate of drug-likeness (QED) is 0.940. The molecule has 0 fully saturated rings. The summed E-state index contributed by atoms with van der Waals surface area (Å²) >= 11 is 0. The lowest BCUT2D eigenvalue weighted by molar-refractivity contribution is 0.566. The van der Waals surface area contributed by atoms with E-state index in [0.29, 0.717) is 0 Å². The molecule has 2 rings (SSSR count). The van der Waals surface area contributed by atoms with E-state index in [9.17, 15) is 12.8 Å². The van der Waals surface area contributed by atoms with E-state index < -0.39 is 15.8 Å². The van der Waals surface area contributed by atoms with Gasteiger partial charge in [-0.3, -0.25) is 0 Å². The zero-order valence-corrected chi connectivity index (χ0v) is 13.0. The van der Waals surface area contributed by atoms with Crippen LogP contribution in [0.25, 0.3) is 0 Å². The first-order valence-electron chi connectivity index (χ1n) is 6.64. The average Bonchev–Trinajstić information content (AvgIpc) is 2.38. The number of aryl methyl sites for hydroxylation is 2. The third kappa shape index (κ3) is 3.68. The maximum absolute atomic E-state index is 12.9. The molecule has 0 amide bonds. The molecule has 5 heteroatoms. The van der Waals surface area contributed by atoms with Crippen molar-refractivity contribution in [3.63, 3.8) is 0 Å². The Morgan fingerprint density at radius 2 is 1.67 bits per heavy atom. The molecule has 112 valence electrons. The second-order valence-electron chi connectivity index (χ2n) is 5.16. The van der Waals surface area contributed by atoms with Crippen LogP contribution < -0.4 is 4.72 Å². The summed E-state index contributed by atoms with van der Waals surface area (Å²) in [7, 11) is -3.67. The van der Waals surface area contributed by atoms with Crippen LogP contribution in [0.15, 0.2) is 47.4 Å². The van der Waals surface area contributed by atoms with Crippen molar-refractivity contribution in [1.82, 2.24) is 4.72 Å². The highest BCUT2D eigenvalue weighted by atomic mass is 32.2. The number of hydrogen-bond donors (Lipinski definition) is 1. The summed E-state index contributed by atoms with van der Waals surface area (Å²) < 4.78 is 40.0. The van der Waals surface area contributed by atoms with Crippen LogP contribution in [0.2, 0.25) is 0 Å². The van der Waals surface area contributed by atoms with Crippen molar-refractivity contribution < 1.29 is 12.8 Å². The monoisotopic (exact) mass is 307 g/mol. The van der Waals surface area contributed by atoms with Gasteiger partial charge in [-0.05, 0) is 56.2 Å². The summed E-state index contributed by atoms with van der Waals surface area (Å²) in [5.74, 6) is -0.462. The summed E-state index contributed by atoms with van der Waals surface area (Å²) in [6.45, 7) is 5.73. The smallest absolute Gasteiger partial charge is 0.207 e. The van der Waals surface area contributed by atoms with Gasteiger partial charge >= 0.3 is 0 Å². The lowest BCUT2D eigenvalue weighted by Crippen LogP contribution is -2.27. The van der Waals surface area contributed by atoms with Crippen LogP contribution in [0.5, 0.6) is 0 Å². The molecule has 0 aliphatic rings. The molecule has 0 aliphatic carbocycles. The maximum Gasteiger partial charge on any atom is 0.241 e. The minimum atomic E-state index is -3.67. The molecule has 2 aromatic rings. The minimum absolute atomic E-state index is 0.0560. The lowest BCUT2D eigenvalue weighted by Gasteiger charge is -2.17. The van der Waals surface area contributed by atoms with Crippen molar-refractivity contribution in [2.45, 2.75) is 31.7 Å². The Morgan fingerprint density at radius 3 is 2.24 bits per heavy atom. The molecule has 2 aromatic carbocycles. The number of hydrogen-bond acceptors (Lipinski definition) is 2. The Balaban J connectivity index is 2.25. The summed E-state index contributed by atoms with van der Waals surface area (Å²) in [6, 6.07) is 10.3. The van der Waals surface area contributed by atoms with Gasteiger partial charge in [-0.1, -0.05) is 23.8 Å².